The smallest absolute Gasteiger partial charge is 0.0445 e. The average Bonchev–Trinajstić information content (AvgIpc) is 1.62. The Morgan fingerprint density at radius 1 is 1.62 bits per heavy atom. The summed E-state index contributed by atoms with van der Waals surface area (Å²) in [6, 6.07) is 0. The van der Waals surface area contributed by atoms with Crippen LogP contribution in [0.4, 0.5) is 0 Å². The summed E-state index contributed by atoms with van der Waals surface area (Å²) in [6.07, 6.45) is 0. The summed E-state index contributed by atoms with van der Waals surface area (Å²) in [7, 11) is -4.60. The van der Waals surface area contributed by atoms with Crippen molar-refractivity contribution in [3.63, 3.8) is 0 Å². The SMILES string of the molecule is NCC(N)P(=O)([O-])[O-]. The number of hydrogen-bond acceptors (Lipinski definition) is 5. The lowest BCUT2D eigenvalue weighted by Crippen LogP contribution is -2.38. The van der Waals surface area contributed by atoms with Gasteiger partial charge in [0, 0.05) is 12.3 Å². The molecule has 0 aromatic carbocycles. The van der Waals surface area contributed by atoms with Crippen LogP contribution in [0.15, 0.2) is 0 Å². The number of hydrogen-bond donors (Lipinski definition) is 2. The molecule has 0 aromatic rings. The molecule has 0 fully saturated rings. The highest BCUT2D eigenvalue weighted by molar-refractivity contribution is 7.49. The van der Waals surface area contributed by atoms with Gasteiger partial charge in [0.25, 0.3) is 0 Å². The standard InChI is InChI=1S/C2H9N2O3P/c3-1-2(4)8(5,6)7/h2H,1,3-4H2,(H2,5,6,7)/p-2. The highest BCUT2D eigenvalue weighted by Crippen LogP contribution is 2.25. The fraction of sp³-hybridized carbons (Fsp3) is 1.00. The van der Waals surface area contributed by atoms with Crippen molar-refractivity contribution in [3.8, 4) is 0 Å². The van der Waals surface area contributed by atoms with Crippen LogP contribution >= 0.6 is 7.60 Å². The predicted octanol–water partition coefficient (Wildman–Crippen LogP) is -2.86. The van der Waals surface area contributed by atoms with Gasteiger partial charge in [-0.3, -0.25) is 0 Å². The van der Waals surface area contributed by atoms with Crippen molar-refractivity contribution < 1.29 is 14.4 Å². The average molecular weight is 138 g/mol. The maximum atomic E-state index is 9.83. The van der Waals surface area contributed by atoms with Crippen molar-refractivity contribution in [1.82, 2.24) is 0 Å². The Balaban J connectivity index is 3.82. The van der Waals surface area contributed by atoms with E-state index in [-0.39, 0.29) is 6.54 Å². The van der Waals surface area contributed by atoms with E-state index < -0.39 is 13.4 Å². The molecule has 5 nitrogen and oxygen atoms in total. The molecule has 6 heteroatoms. The van der Waals surface area contributed by atoms with Crippen LogP contribution in [-0.4, -0.2) is 12.3 Å². The molecule has 0 saturated heterocycles. The Morgan fingerprint density at radius 3 is 2.00 bits per heavy atom. The zero-order valence-electron chi connectivity index (χ0n) is 4.11. The summed E-state index contributed by atoms with van der Waals surface area (Å²) in [5.74, 6) is -1.43. The van der Waals surface area contributed by atoms with Crippen molar-refractivity contribution in [2.24, 2.45) is 11.5 Å². The summed E-state index contributed by atoms with van der Waals surface area (Å²) in [5, 5.41) is 0. The largest absolute Gasteiger partial charge is 0.810 e. The molecular weight excluding hydrogens is 131 g/mol. The minimum atomic E-state index is -4.60. The van der Waals surface area contributed by atoms with Gasteiger partial charge in [-0.25, -0.2) is 0 Å². The normalized spacial score (nSPS) is 16.0. The summed E-state index contributed by atoms with van der Waals surface area (Å²) < 4.78 is 9.83. The van der Waals surface area contributed by atoms with E-state index in [0.29, 0.717) is 0 Å². The van der Waals surface area contributed by atoms with Gasteiger partial charge in [-0.15, -0.1) is 0 Å². The van der Waals surface area contributed by atoms with E-state index in [4.69, 9.17) is 11.5 Å². The van der Waals surface area contributed by atoms with Crippen LogP contribution in [-0.2, 0) is 4.57 Å². The Labute approximate surface area is 46.8 Å². The number of rotatable bonds is 2. The molecule has 0 rings (SSSR count). The van der Waals surface area contributed by atoms with Gasteiger partial charge in [-0.1, -0.05) is 0 Å². The van der Waals surface area contributed by atoms with E-state index in [9.17, 15) is 14.4 Å². The van der Waals surface area contributed by atoms with Crippen molar-refractivity contribution >= 4 is 7.60 Å². The summed E-state index contributed by atoms with van der Waals surface area (Å²) in [4.78, 5) is 19.7. The number of nitrogens with two attached hydrogens (primary N) is 2. The van der Waals surface area contributed by atoms with E-state index in [1.54, 1.807) is 0 Å². The molecule has 0 aliphatic rings. The molecule has 4 N–H and O–H groups in total. The highest BCUT2D eigenvalue weighted by atomic mass is 31.2. The Morgan fingerprint density at radius 2 is 2.00 bits per heavy atom. The molecule has 0 aromatic heterocycles. The monoisotopic (exact) mass is 138 g/mol. The molecule has 1 atom stereocenters. The summed E-state index contributed by atoms with van der Waals surface area (Å²) in [6.45, 7) is -0.315. The van der Waals surface area contributed by atoms with Gasteiger partial charge in [-0.2, -0.15) is 0 Å². The first-order valence-electron chi connectivity index (χ1n) is 1.96. The maximum Gasteiger partial charge on any atom is 0.0445 e. The third-order valence-corrected chi connectivity index (χ3v) is 1.67. The van der Waals surface area contributed by atoms with E-state index in [0.717, 1.165) is 0 Å². The molecule has 0 saturated carbocycles. The first kappa shape index (κ1) is 8.07. The second-order valence-electron chi connectivity index (χ2n) is 1.34. The second-order valence-corrected chi connectivity index (χ2v) is 3.09. The van der Waals surface area contributed by atoms with Gasteiger partial charge < -0.3 is 25.8 Å². The Bertz CT molecular complexity index is 110. The molecule has 8 heavy (non-hydrogen) atoms. The minimum absolute atomic E-state index is 0.315. The van der Waals surface area contributed by atoms with Gasteiger partial charge in [0.2, 0.25) is 0 Å². The van der Waals surface area contributed by atoms with E-state index in [1.165, 1.54) is 0 Å². The van der Waals surface area contributed by atoms with Crippen molar-refractivity contribution in [2.45, 2.75) is 5.78 Å². The molecule has 0 heterocycles. The van der Waals surface area contributed by atoms with Gasteiger partial charge in [-0.05, 0) is 7.60 Å². The van der Waals surface area contributed by atoms with Crippen LogP contribution in [0.3, 0.4) is 0 Å². The van der Waals surface area contributed by atoms with Crippen LogP contribution in [0.5, 0.6) is 0 Å². The van der Waals surface area contributed by atoms with Gasteiger partial charge in [0.05, 0.1) is 0 Å². The van der Waals surface area contributed by atoms with E-state index in [1.807, 2.05) is 0 Å². The van der Waals surface area contributed by atoms with Crippen LogP contribution in [0, 0.1) is 0 Å². The molecular formula is C2H7N2O3P-2. The second kappa shape index (κ2) is 2.57. The fourth-order valence-corrected chi connectivity index (χ4v) is 0.387. The van der Waals surface area contributed by atoms with Crippen LogP contribution in [0.2, 0.25) is 0 Å². The molecule has 0 aliphatic carbocycles. The maximum absolute atomic E-state index is 9.83. The molecule has 0 bridgehead atoms. The lowest BCUT2D eigenvalue weighted by molar-refractivity contribution is -0.316. The molecule has 0 spiro atoms. The quantitative estimate of drug-likeness (QED) is 0.398. The molecule has 0 radical (unpaired) electrons. The van der Waals surface area contributed by atoms with Crippen LogP contribution in [0.1, 0.15) is 0 Å². The lowest BCUT2D eigenvalue weighted by Gasteiger charge is -2.34. The first-order valence-corrected chi connectivity index (χ1v) is 3.57. The molecule has 50 valence electrons. The Kier molecular flexibility index (Phi) is 2.59. The highest BCUT2D eigenvalue weighted by Gasteiger charge is 2.01. The molecule has 1 unspecified atom stereocenters. The van der Waals surface area contributed by atoms with Gasteiger partial charge in [0.1, 0.15) is 0 Å². The van der Waals surface area contributed by atoms with Crippen molar-refractivity contribution in [1.29, 1.82) is 0 Å². The van der Waals surface area contributed by atoms with E-state index in [2.05, 4.69) is 0 Å². The van der Waals surface area contributed by atoms with Crippen LogP contribution in [0.25, 0.3) is 0 Å². The zero-order chi connectivity index (χ0) is 6.78. The summed E-state index contributed by atoms with van der Waals surface area (Å²) >= 11 is 0. The lowest BCUT2D eigenvalue weighted by atomic mass is 10.7. The van der Waals surface area contributed by atoms with E-state index >= 15 is 0 Å². The predicted molar refractivity (Wildman–Crippen MR) is 24.6 cm³/mol. The first-order chi connectivity index (χ1) is 3.48. The Hall–Kier alpha value is 0.0700. The topological polar surface area (TPSA) is 115 Å². The fourth-order valence-electron chi connectivity index (χ4n) is 0.129. The minimum Gasteiger partial charge on any atom is -0.810 e. The third-order valence-electron chi connectivity index (χ3n) is 0.648. The summed E-state index contributed by atoms with van der Waals surface area (Å²) in [5.41, 5.74) is 9.50. The van der Waals surface area contributed by atoms with Gasteiger partial charge >= 0.3 is 0 Å². The van der Waals surface area contributed by atoms with Crippen LogP contribution < -0.4 is 21.3 Å². The van der Waals surface area contributed by atoms with Crippen molar-refractivity contribution in [2.75, 3.05) is 6.54 Å². The van der Waals surface area contributed by atoms with Gasteiger partial charge in [0.15, 0.2) is 0 Å². The molecule has 0 aliphatic heterocycles. The third kappa shape index (κ3) is 2.40. The zero-order valence-corrected chi connectivity index (χ0v) is 5.01. The molecule has 0 amide bonds. The van der Waals surface area contributed by atoms with Crippen molar-refractivity contribution in [3.05, 3.63) is 0 Å².